The highest BCUT2D eigenvalue weighted by molar-refractivity contribution is 7.99. The summed E-state index contributed by atoms with van der Waals surface area (Å²) < 4.78 is 18.0. The minimum absolute atomic E-state index is 0.289. The number of benzene rings is 1. The summed E-state index contributed by atoms with van der Waals surface area (Å²) in [5, 5.41) is 8.66. The molecule has 2 heterocycles. The first-order valence-corrected chi connectivity index (χ1v) is 12.0. The van der Waals surface area contributed by atoms with Gasteiger partial charge in [0.05, 0.1) is 26.4 Å². The third kappa shape index (κ3) is 5.20. The van der Waals surface area contributed by atoms with E-state index >= 15 is 0 Å². The van der Waals surface area contributed by atoms with Crippen LogP contribution in [0.5, 0.6) is 11.5 Å². The number of hydrogen-bond acceptors (Lipinski definition) is 8. The Balaban J connectivity index is 1.98. The molecule has 1 aromatic heterocycles. The normalized spacial score (nSPS) is 15.2. The number of allylic oxidation sites excluding steroid dienone is 1. The van der Waals surface area contributed by atoms with Crippen molar-refractivity contribution in [3.8, 4) is 11.5 Å². The highest BCUT2D eigenvalue weighted by atomic mass is 32.2. The second kappa shape index (κ2) is 11.3. The Morgan fingerprint density at radius 3 is 2.62 bits per heavy atom. The number of hydrogen-bond donors (Lipinski definition) is 1. The molecule has 0 aliphatic carbocycles. The van der Waals surface area contributed by atoms with E-state index in [0.29, 0.717) is 33.9 Å². The monoisotopic (exact) mass is 460 g/mol. The second-order valence-corrected chi connectivity index (χ2v) is 8.53. The lowest BCUT2D eigenvalue weighted by Gasteiger charge is -2.28. The summed E-state index contributed by atoms with van der Waals surface area (Å²) in [7, 11) is 3.18. The molecule has 1 aliphatic heterocycles. The van der Waals surface area contributed by atoms with Gasteiger partial charge < -0.3 is 19.5 Å². The van der Waals surface area contributed by atoms with Gasteiger partial charge in [-0.3, -0.25) is 0 Å². The van der Waals surface area contributed by atoms with Gasteiger partial charge >= 0.3 is 5.97 Å². The van der Waals surface area contributed by atoms with Crippen LogP contribution in [0, 0.1) is 0 Å². The molecule has 2 aromatic rings. The topological polar surface area (TPSA) is 87.5 Å². The smallest absolute Gasteiger partial charge is 0.338 e. The average molecular weight is 461 g/mol. The van der Waals surface area contributed by atoms with Gasteiger partial charge in [0.25, 0.3) is 0 Å². The number of methoxy groups -OCH3 is 2. The van der Waals surface area contributed by atoms with E-state index in [2.05, 4.69) is 17.2 Å². The van der Waals surface area contributed by atoms with Crippen LogP contribution in [-0.2, 0) is 9.53 Å². The zero-order valence-corrected chi connectivity index (χ0v) is 20.3. The van der Waals surface area contributed by atoms with Gasteiger partial charge in [0.15, 0.2) is 11.5 Å². The van der Waals surface area contributed by atoms with Crippen LogP contribution >= 0.6 is 11.8 Å². The molecule has 0 spiro atoms. The maximum Gasteiger partial charge on any atom is 0.338 e. The molecule has 1 N–H and O–H groups in total. The quantitative estimate of drug-likeness (QED) is 0.290. The number of esters is 1. The average Bonchev–Trinajstić information content (AvgIpc) is 3.19. The summed E-state index contributed by atoms with van der Waals surface area (Å²) in [4.78, 5) is 17.6. The van der Waals surface area contributed by atoms with Crippen molar-refractivity contribution in [3.63, 3.8) is 0 Å². The van der Waals surface area contributed by atoms with E-state index in [1.807, 2.05) is 25.1 Å². The number of rotatable bonds is 11. The largest absolute Gasteiger partial charge is 0.493 e. The van der Waals surface area contributed by atoms with Crippen LogP contribution < -0.4 is 14.8 Å². The first-order chi connectivity index (χ1) is 15.5. The molecule has 0 unspecified atom stereocenters. The summed E-state index contributed by atoms with van der Waals surface area (Å²) in [5.41, 5.74) is 2.02. The predicted molar refractivity (Wildman–Crippen MR) is 126 cm³/mol. The first kappa shape index (κ1) is 24.0. The van der Waals surface area contributed by atoms with Crippen LogP contribution in [0.4, 0.5) is 5.95 Å². The molecule has 0 saturated heterocycles. The van der Waals surface area contributed by atoms with Gasteiger partial charge in [0.2, 0.25) is 11.1 Å². The van der Waals surface area contributed by atoms with Crippen LogP contribution in [0.3, 0.4) is 0 Å². The third-order valence-corrected chi connectivity index (χ3v) is 6.20. The Labute approximate surface area is 193 Å². The zero-order valence-electron chi connectivity index (χ0n) is 19.4. The molecule has 3 rings (SSSR count). The van der Waals surface area contributed by atoms with Gasteiger partial charge in [0.1, 0.15) is 6.04 Å². The molecule has 8 nitrogen and oxygen atoms in total. The van der Waals surface area contributed by atoms with Gasteiger partial charge in [-0.05, 0) is 38.0 Å². The Morgan fingerprint density at radius 2 is 1.94 bits per heavy atom. The number of nitrogens with zero attached hydrogens (tertiary/aromatic N) is 3. The summed E-state index contributed by atoms with van der Waals surface area (Å²) in [6, 6.07) is 5.11. The van der Waals surface area contributed by atoms with Crippen LogP contribution in [0.1, 0.15) is 58.1 Å². The molecule has 0 bridgehead atoms. The number of unbranched alkanes of at least 4 members (excludes halogenated alkanes) is 3. The van der Waals surface area contributed by atoms with E-state index in [4.69, 9.17) is 19.3 Å². The summed E-state index contributed by atoms with van der Waals surface area (Å²) in [6.07, 6.45) is 4.78. The predicted octanol–water partition coefficient (Wildman–Crippen LogP) is 4.82. The maximum atomic E-state index is 12.9. The molecular weight excluding hydrogens is 428 g/mol. The van der Waals surface area contributed by atoms with Crippen LogP contribution in [-0.4, -0.2) is 47.3 Å². The first-order valence-electron chi connectivity index (χ1n) is 11.0. The minimum atomic E-state index is -0.493. The van der Waals surface area contributed by atoms with E-state index in [9.17, 15) is 4.79 Å². The summed E-state index contributed by atoms with van der Waals surface area (Å²) in [5.74, 6) is 2.38. The Kier molecular flexibility index (Phi) is 8.44. The fraction of sp³-hybridized carbons (Fsp3) is 0.522. The van der Waals surface area contributed by atoms with Gasteiger partial charge in [-0.2, -0.15) is 4.98 Å². The molecule has 0 radical (unpaired) electrons. The number of nitrogens with one attached hydrogen (secondary N) is 1. The van der Waals surface area contributed by atoms with Crippen molar-refractivity contribution >= 4 is 23.7 Å². The molecule has 1 aromatic carbocycles. The SMILES string of the molecule is CCCCCCSc1nc2n(n1)[C@H](c1ccc(OC)c(OC)c1)C(C(=O)OCC)=C(C)N2. The third-order valence-electron chi connectivity index (χ3n) is 5.28. The van der Waals surface area contributed by atoms with Crippen molar-refractivity contribution in [2.45, 2.75) is 57.7 Å². The highest BCUT2D eigenvalue weighted by Crippen LogP contribution is 2.39. The lowest BCUT2D eigenvalue weighted by Crippen LogP contribution is -2.29. The molecular formula is C23H32N4O4S. The number of thioether (sulfide) groups is 1. The summed E-state index contributed by atoms with van der Waals surface area (Å²) >= 11 is 1.63. The lowest BCUT2D eigenvalue weighted by molar-refractivity contribution is -0.139. The van der Waals surface area contributed by atoms with Crippen LogP contribution in [0.15, 0.2) is 34.6 Å². The van der Waals surface area contributed by atoms with Gasteiger partial charge in [-0.25, -0.2) is 9.48 Å². The molecule has 1 aliphatic rings. The number of fused-ring (bicyclic) bond motifs is 1. The van der Waals surface area contributed by atoms with Crippen molar-refractivity contribution in [1.29, 1.82) is 0 Å². The Morgan fingerprint density at radius 1 is 1.16 bits per heavy atom. The lowest BCUT2D eigenvalue weighted by atomic mass is 9.95. The van der Waals surface area contributed by atoms with Gasteiger partial charge in [-0.1, -0.05) is 44.0 Å². The number of carbonyl (C=O) groups excluding carboxylic acids is 1. The fourth-order valence-electron chi connectivity index (χ4n) is 3.69. The van der Waals surface area contributed by atoms with Gasteiger partial charge in [-0.15, -0.1) is 5.10 Å². The molecule has 174 valence electrons. The number of carbonyl (C=O) groups is 1. The highest BCUT2D eigenvalue weighted by Gasteiger charge is 2.35. The van der Waals surface area contributed by atoms with Crippen molar-refractivity contribution in [2.75, 3.05) is 31.9 Å². The van der Waals surface area contributed by atoms with Crippen LogP contribution in [0.2, 0.25) is 0 Å². The molecule has 1 atom stereocenters. The standard InChI is InChI=1S/C23H32N4O4S/c1-6-8-9-10-13-32-23-25-22-24-15(3)19(21(28)31-7-2)20(27(22)26-23)16-11-12-17(29-4)18(14-16)30-5/h11-12,14,20H,6-10,13H2,1-5H3,(H,24,25,26)/t20-/m1/s1. The Bertz CT molecular complexity index is 973. The van der Waals surface area contributed by atoms with E-state index < -0.39 is 6.04 Å². The molecule has 32 heavy (non-hydrogen) atoms. The van der Waals surface area contributed by atoms with E-state index in [0.717, 1.165) is 17.7 Å². The number of aromatic nitrogens is 3. The van der Waals surface area contributed by atoms with Crippen molar-refractivity contribution in [3.05, 3.63) is 35.0 Å². The minimum Gasteiger partial charge on any atom is -0.493 e. The van der Waals surface area contributed by atoms with Crippen molar-refractivity contribution in [1.82, 2.24) is 14.8 Å². The van der Waals surface area contributed by atoms with E-state index in [1.165, 1.54) is 19.3 Å². The maximum absolute atomic E-state index is 12.9. The molecule has 0 fully saturated rings. The summed E-state index contributed by atoms with van der Waals surface area (Å²) in [6.45, 7) is 6.14. The van der Waals surface area contributed by atoms with Crippen LogP contribution in [0.25, 0.3) is 0 Å². The Hall–Kier alpha value is -2.68. The van der Waals surface area contributed by atoms with Gasteiger partial charge in [0, 0.05) is 11.4 Å². The fourth-order valence-corrected chi connectivity index (χ4v) is 4.52. The van der Waals surface area contributed by atoms with E-state index in [1.54, 1.807) is 37.6 Å². The zero-order chi connectivity index (χ0) is 23.1. The number of anilines is 1. The van der Waals surface area contributed by atoms with E-state index in [-0.39, 0.29) is 12.6 Å². The molecule has 0 saturated carbocycles. The van der Waals surface area contributed by atoms with Crippen molar-refractivity contribution < 1.29 is 19.0 Å². The second-order valence-electron chi connectivity index (χ2n) is 7.47. The molecule has 9 heteroatoms. The van der Waals surface area contributed by atoms with Crippen molar-refractivity contribution in [2.24, 2.45) is 0 Å². The number of ether oxygens (including phenoxy) is 3. The molecule has 0 amide bonds.